The van der Waals surface area contributed by atoms with Gasteiger partial charge in [-0.05, 0) is 43.5 Å². The highest BCUT2D eigenvalue weighted by molar-refractivity contribution is 5.93. The average Bonchev–Trinajstić information content (AvgIpc) is 3.06. The summed E-state index contributed by atoms with van der Waals surface area (Å²) in [5.41, 5.74) is 0.630. The Morgan fingerprint density at radius 2 is 1.83 bits per heavy atom. The van der Waals surface area contributed by atoms with Gasteiger partial charge in [0.15, 0.2) is 0 Å². The summed E-state index contributed by atoms with van der Waals surface area (Å²) in [7, 11) is 0. The summed E-state index contributed by atoms with van der Waals surface area (Å²) in [6.45, 7) is 0. The van der Waals surface area contributed by atoms with Crippen LogP contribution in [0.1, 0.15) is 19.3 Å². The Bertz CT molecular complexity index is 733. The van der Waals surface area contributed by atoms with Crippen LogP contribution in [-0.2, 0) is 9.59 Å². The lowest BCUT2D eigenvalue weighted by molar-refractivity contribution is -0.141. The number of rotatable bonds is 5. The molecule has 1 aromatic heterocycles. The molecule has 2 N–H and O–H groups in total. The van der Waals surface area contributed by atoms with Crippen LogP contribution in [0.2, 0.25) is 0 Å². The molecule has 124 valence electrons. The van der Waals surface area contributed by atoms with Crippen molar-refractivity contribution in [3.63, 3.8) is 0 Å². The number of hydrogen-bond acceptors (Lipinski definition) is 4. The molecule has 0 spiro atoms. The number of anilines is 1. The molecule has 0 bridgehead atoms. The molecule has 3 rings (SSSR count). The molecule has 1 saturated carbocycles. The molecule has 0 unspecified atom stereocenters. The van der Waals surface area contributed by atoms with Crippen LogP contribution in [0.15, 0.2) is 48.8 Å². The minimum Gasteiger partial charge on any atom is -0.481 e. The van der Waals surface area contributed by atoms with Gasteiger partial charge in [0.2, 0.25) is 5.91 Å². The molecule has 1 fully saturated rings. The summed E-state index contributed by atoms with van der Waals surface area (Å²) in [5.74, 6) is -0.363. The van der Waals surface area contributed by atoms with Crippen LogP contribution >= 0.6 is 0 Å². The van der Waals surface area contributed by atoms with E-state index in [1.165, 1.54) is 0 Å². The maximum atomic E-state index is 12.3. The second kappa shape index (κ2) is 7.12. The predicted molar refractivity (Wildman–Crippen MR) is 87.8 cm³/mol. The molecule has 1 heterocycles. The first-order valence-corrected chi connectivity index (χ1v) is 7.83. The third-order valence-electron chi connectivity index (χ3n) is 4.14. The Hall–Kier alpha value is -2.89. The van der Waals surface area contributed by atoms with E-state index < -0.39 is 11.9 Å². The predicted octanol–water partition coefficient (Wildman–Crippen LogP) is 3.31. The van der Waals surface area contributed by atoms with Crippen molar-refractivity contribution in [2.75, 3.05) is 5.32 Å². The molecule has 1 aliphatic carbocycles. The van der Waals surface area contributed by atoms with Crippen molar-refractivity contribution in [3.05, 3.63) is 48.8 Å². The molecule has 0 radical (unpaired) electrons. The zero-order valence-electron chi connectivity index (χ0n) is 13.0. The van der Waals surface area contributed by atoms with E-state index in [1.54, 1.807) is 48.8 Å². The van der Waals surface area contributed by atoms with Crippen LogP contribution in [0, 0.1) is 11.8 Å². The summed E-state index contributed by atoms with van der Waals surface area (Å²) in [6.07, 6.45) is 4.84. The molecule has 6 heteroatoms. The monoisotopic (exact) mass is 326 g/mol. The number of pyridine rings is 1. The van der Waals surface area contributed by atoms with Gasteiger partial charge < -0.3 is 15.2 Å². The Morgan fingerprint density at radius 1 is 1.08 bits per heavy atom. The van der Waals surface area contributed by atoms with Gasteiger partial charge in [-0.3, -0.25) is 14.6 Å². The number of carboxylic acids is 1. The fraction of sp³-hybridized carbons (Fsp3) is 0.278. The van der Waals surface area contributed by atoms with Crippen molar-refractivity contribution in [2.24, 2.45) is 11.8 Å². The lowest BCUT2D eigenvalue weighted by atomic mass is 10.0. The lowest BCUT2D eigenvalue weighted by Crippen LogP contribution is -2.21. The molecule has 1 amide bonds. The van der Waals surface area contributed by atoms with Crippen molar-refractivity contribution in [2.45, 2.75) is 19.3 Å². The first-order chi connectivity index (χ1) is 11.6. The van der Waals surface area contributed by atoms with Gasteiger partial charge in [0.1, 0.15) is 11.5 Å². The summed E-state index contributed by atoms with van der Waals surface area (Å²) in [4.78, 5) is 27.2. The third-order valence-corrected chi connectivity index (χ3v) is 4.14. The fourth-order valence-corrected chi connectivity index (χ4v) is 2.87. The molecule has 6 nitrogen and oxygen atoms in total. The fourth-order valence-electron chi connectivity index (χ4n) is 2.87. The second-order valence-electron chi connectivity index (χ2n) is 5.85. The molecule has 24 heavy (non-hydrogen) atoms. The number of hydrogen-bond donors (Lipinski definition) is 2. The topological polar surface area (TPSA) is 88.5 Å². The summed E-state index contributed by atoms with van der Waals surface area (Å²) in [6, 6.07) is 10.6. The minimum atomic E-state index is -0.821. The van der Waals surface area contributed by atoms with Gasteiger partial charge >= 0.3 is 5.97 Å². The number of benzene rings is 1. The van der Waals surface area contributed by atoms with Crippen molar-refractivity contribution in [1.82, 2.24) is 4.98 Å². The van der Waals surface area contributed by atoms with Gasteiger partial charge in [0.05, 0.1) is 5.92 Å². The zero-order valence-corrected chi connectivity index (χ0v) is 13.0. The molecule has 1 aromatic carbocycles. The van der Waals surface area contributed by atoms with E-state index in [4.69, 9.17) is 9.84 Å². The first kappa shape index (κ1) is 16.0. The first-order valence-electron chi connectivity index (χ1n) is 7.83. The third kappa shape index (κ3) is 3.90. The molecule has 1 aliphatic rings. The van der Waals surface area contributed by atoms with E-state index in [0.717, 1.165) is 0 Å². The molecular weight excluding hydrogens is 308 g/mol. The van der Waals surface area contributed by atoms with Gasteiger partial charge in [0.25, 0.3) is 0 Å². The molecule has 0 saturated heterocycles. The lowest BCUT2D eigenvalue weighted by Gasteiger charge is -2.12. The quantitative estimate of drug-likeness (QED) is 0.880. The standard InChI is InChI=1S/C18H18N2O4/c21-17(12-4-5-13(10-12)18(22)23)20-14-2-1-3-16(11-14)24-15-6-8-19-9-7-15/h1-3,6-9,11-13H,4-5,10H2,(H,20,21)(H,22,23)/t12-,13+/m0/s1. The van der Waals surface area contributed by atoms with E-state index in [1.807, 2.05) is 0 Å². The van der Waals surface area contributed by atoms with Gasteiger partial charge in [-0.25, -0.2) is 0 Å². The van der Waals surface area contributed by atoms with Gasteiger partial charge in [-0.2, -0.15) is 0 Å². The number of aromatic nitrogens is 1. The van der Waals surface area contributed by atoms with Crippen molar-refractivity contribution >= 4 is 17.6 Å². The molecular formula is C18H18N2O4. The van der Waals surface area contributed by atoms with Crippen LogP contribution < -0.4 is 10.1 Å². The molecule has 2 aromatic rings. The van der Waals surface area contributed by atoms with E-state index in [0.29, 0.717) is 36.4 Å². The number of ether oxygens (including phenoxy) is 1. The van der Waals surface area contributed by atoms with Crippen molar-refractivity contribution < 1.29 is 19.4 Å². The number of amides is 1. The van der Waals surface area contributed by atoms with E-state index in [-0.39, 0.29) is 11.8 Å². The minimum absolute atomic E-state index is 0.139. The maximum absolute atomic E-state index is 12.3. The van der Waals surface area contributed by atoms with Crippen LogP contribution in [-0.4, -0.2) is 22.0 Å². The Kier molecular flexibility index (Phi) is 4.74. The van der Waals surface area contributed by atoms with Crippen LogP contribution in [0.5, 0.6) is 11.5 Å². The largest absolute Gasteiger partial charge is 0.481 e. The van der Waals surface area contributed by atoms with Crippen LogP contribution in [0.4, 0.5) is 5.69 Å². The number of nitrogens with one attached hydrogen (secondary N) is 1. The number of carboxylic acid groups (broad SMARTS) is 1. The second-order valence-corrected chi connectivity index (χ2v) is 5.85. The number of nitrogens with zero attached hydrogens (tertiary/aromatic N) is 1. The SMILES string of the molecule is O=C(O)[C@@H]1CC[C@H](C(=O)Nc2cccc(Oc3ccncc3)c2)C1. The summed E-state index contributed by atoms with van der Waals surface area (Å²) in [5, 5.41) is 11.9. The average molecular weight is 326 g/mol. The normalized spacial score (nSPS) is 19.7. The summed E-state index contributed by atoms with van der Waals surface area (Å²) < 4.78 is 5.71. The van der Waals surface area contributed by atoms with Crippen LogP contribution in [0.25, 0.3) is 0 Å². The van der Waals surface area contributed by atoms with E-state index >= 15 is 0 Å². The van der Waals surface area contributed by atoms with Crippen molar-refractivity contribution in [1.29, 1.82) is 0 Å². The highest BCUT2D eigenvalue weighted by atomic mass is 16.5. The maximum Gasteiger partial charge on any atom is 0.306 e. The van der Waals surface area contributed by atoms with Crippen molar-refractivity contribution in [3.8, 4) is 11.5 Å². The van der Waals surface area contributed by atoms with Gasteiger partial charge in [0, 0.05) is 30.1 Å². The van der Waals surface area contributed by atoms with Gasteiger partial charge in [-0.15, -0.1) is 0 Å². The highest BCUT2D eigenvalue weighted by Gasteiger charge is 2.33. The molecule has 2 atom stereocenters. The zero-order chi connectivity index (χ0) is 16.9. The number of carbonyl (C=O) groups excluding carboxylic acids is 1. The van der Waals surface area contributed by atoms with E-state index in [2.05, 4.69) is 10.3 Å². The Morgan fingerprint density at radius 3 is 2.54 bits per heavy atom. The molecule has 0 aliphatic heterocycles. The van der Waals surface area contributed by atoms with Crippen LogP contribution in [0.3, 0.4) is 0 Å². The summed E-state index contributed by atoms with van der Waals surface area (Å²) >= 11 is 0. The van der Waals surface area contributed by atoms with Gasteiger partial charge in [-0.1, -0.05) is 6.07 Å². The highest BCUT2D eigenvalue weighted by Crippen LogP contribution is 2.32. The Balaban J connectivity index is 1.62. The Labute approximate surface area is 139 Å². The number of carbonyl (C=O) groups is 2. The number of aliphatic carboxylic acids is 1. The smallest absolute Gasteiger partial charge is 0.306 e. The van der Waals surface area contributed by atoms with E-state index in [9.17, 15) is 9.59 Å².